The molecule has 1 heterocycles. The molecule has 110 valence electrons. The third-order valence-electron chi connectivity index (χ3n) is 3.95. The predicted molar refractivity (Wildman–Crippen MR) is 78.3 cm³/mol. The number of tetrazole rings is 1. The lowest BCUT2D eigenvalue weighted by Crippen LogP contribution is -2.48. The number of amides is 1. The van der Waals surface area contributed by atoms with Gasteiger partial charge >= 0.3 is 0 Å². The van der Waals surface area contributed by atoms with Gasteiger partial charge in [-0.15, -0.1) is 5.10 Å². The Morgan fingerprint density at radius 1 is 1.38 bits per heavy atom. The van der Waals surface area contributed by atoms with Crippen LogP contribution in [0.3, 0.4) is 0 Å². The van der Waals surface area contributed by atoms with Gasteiger partial charge in [-0.25, -0.2) is 4.68 Å². The minimum Gasteiger partial charge on any atom is -0.324 e. The van der Waals surface area contributed by atoms with Crippen LogP contribution in [0.2, 0.25) is 0 Å². The molecule has 0 bridgehead atoms. The van der Waals surface area contributed by atoms with Gasteiger partial charge in [0.1, 0.15) is 0 Å². The highest BCUT2D eigenvalue weighted by Crippen LogP contribution is 2.29. The smallest absolute Gasteiger partial charge is 0.244 e. The molecule has 7 heteroatoms. The molecular weight excluding hydrogens is 268 g/mol. The first kappa shape index (κ1) is 13.7. The number of hydrogen-bond acceptors (Lipinski definition) is 5. The third-order valence-corrected chi connectivity index (χ3v) is 3.95. The van der Waals surface area contributed by atoms with E-state index in [0.717, 1.165) is 31.2 Å². The number of hydrogen-bond donors (Lipinski definition) is 2. The van der Waals surface area contributed by atoms with E-state index in [-0.39, 0.29) is 5.91 Å². The number of anilines is 1. The highest BCUT2D eigenvalue weighted by atomic mass is 16.2. The standard InChI is InChI=1S/C14H18N6O/c1-20-12(17-18-19-20)10-5-4-6-11(9-10)16-13(21)14(15)7-2-3-8-14/h4-6,9H,2-3,7-8,15H2,1H3,(H,16,21). The first-order chi connectivity index (χ1) is 10.1. The quantitative estimate of drug-likeness (QED) is 0.880. The van der Waals surface area contributed by atoms with Crippen LogP contribution in [0.15, 0.2) is 24.3 Å². The van der Waals surface area contributed by atoms with Crippen molar-refractivity contribution in [3.8, 4) is 11.4 Å². The van der Waals surface area contributed by atoms with Crippen LogP contribution < -0.4 is 11.1 Å². The van der Waals surface area contributed by atoms with Gasteiger partial charge in [0.15, 0.2) is 5.82 Å². The fourth-order valence-electron chi connectivity index (χ4n) is 2.70. The summed E-state index contributed by atoms with van der Waals surface area (Å²) in [6, 6.07) is 7.44. The van der Waals surface area contributed by atoms with Gasteiger partial charge in [-0.3, -0.25) is 4.79 Å². The van der Waals surface area contributed by atoms with E-state index >= 15 is 0 Å². The summed E-state index contributed by atoms with van der Waals surface area (Å²) >= 11 is 0. The Bertz CT molecular complexity index is 659. The molecule has 3 rings (SSSR count). The third kappa shape index (κ3) is 2.64. The van der Waals surface area contributed by atoms with E-state index < -0.39 is 5.54 Å². The van der Waals surface area contributed by atoms with Crippen molar-refractivity contribution in [3.05, 3.63) is 24.3 Å². The minimum atomic E-state index is -0.734. The lowest BCUT2D eigenvalue weighted by atomic mass is 9.98. The Balaban J connectivity index is 1.81. The molecule has 1 saturated carbocycles. The van der Waals surface area contributed by atoms with Crippen molar-refractivity contribution in [1.82, 2.24) is 20.2 Å². The number of benzene rings is 1. The van der Waals surface area contributed by atoms with Crippen molar-refractivity contribution in [2.75, 3.05) is 5.32 Å². The summed E-state index contributed by atoms with van der Waals surface area (Å²) < 4.78 is 1.59. The molecule has 0 aliphatic heterocycles. The molecule has 1 aliphatic rings. The Morgan fingerprint density at radius 2 is 2.14 bits per heavy atom. The Kier molecular flexibility index (Phi) is 3.42. The van der Waals surface area contributed by atoms with E-state index in [1.165, 1.54) is 0 Å². The van der Waals surface area contributed by atoms with Gasteiger partial charge in [-0.1, -0.05) is 25.0 Å². The van der Waals surface area contributed by atoms with Crippen LogP contribution in [0, 0.1) is 0 Å². The van der Waals surface area contributed by atoms with Gasteiger partial charge in [0.25, 0.3) is 0 Å². The maximum absolute atomic E-state index is 12.3. The lowest BCUT2D eigenvalue weighted by molar-refractivity contribution is -0.121. The van der Waals surface area contributed by atoms with Gasteiger partial charge in [0.05, 0.1) is 5.54 Å². The molecule has 0 unspecified atom stereocenters. The fourth-order valence-corrected chi connectivity index (χ4v) is 2.70. The van der Waals surface area contributed by atoms with E-state index in [1.54, 1.807) is 11.7 Å². The summed E-state index contributed by atoms with van der Waals surface area (Å²) in [5.41, 5.74) is 6.98. The molecule has 2 aromatic rings. The van der Waals surface area contributed by atoms with Gasteiger partial charge < -0.3 is 11.1 Å². The average Bonchev–Trinajstić information content (AvgIpc) is 3.09. The monoisotopic (exact) mass is 286 g/mol. The summed E-state index contributed by atoms with van der Waals surface area (Å²) in [6.45, 7) is 0. The summed E-state index contributed by atoms with van der Waals surface area (Å²) in [5.74, 6) is 0.530. The Labute approximate surface area is 122 Å². The van der Waals surface area contributed by atoms with E-state index in [1.807, 2.05) is 24.3 Å². The van der Waals surface area contributed by atoms with Crippen LogP contribution in [0.4, 0.5) is 5.69 Å². The van der Waals surface area contributed by atoms with Crippen LogP contribution in [0.1, 0.15) is 25.7 Å². The molecule has 1 amide bonds. The Hall–Kier alpha value is -2.28. The number of nitrogens with zero attached hydrogens (tertiary/aromatic N) is 4. The second kappa shape index (κ2) is 5.25. The largest absolute Gasteiger partial charge is 0.324 e. The first-order valence-electron chi connectivity index (χ1n) is 7.02. The molecule has 3 N–H and O–H groups in total. The van der Waals surface area contributed by atoms with Crippen LogP contribution in [0.5, 0.6) is 0 Å². The second-order valence-corrected chi connectivity index (χ2v) is 5.52. The Morgan fingerprint density at radius 3 is 2.81 bits per heavy atom. The number of carbonyl (C=O) groups excluding carboxylic acids is 1. The summed E-state index contributed by atoms with van der Waals surface area (Å²) in [6.07, 6.45) is 3.50. The molecule has 1 aromatic carbocycles. The molecule has 1 aromatic heterocycles. The highest BCUT2D eigenvalue weighted by molar-refractivity contribution is 5.98. The minimum absolute atomic E-state index is 0.117. The van der Waals surface area contributed by atoms with Crippen LogP contribution >= 0.6 is 0 Å². The van der Waals surface area contributed by atoms with Gasteiger partial charge in [-0.2, -0.15) is 0 Å². The zero-order valence-corrected chi connectivity index (χ0v) is 11.9. The average molecular weight is 286 g/mol. The number of aryl methyl sites for hydroxylation is 1. The molecule has 1 aliphatic carbocycles. The number of nitrogens with two attached hydrogens (primary N) is 1. The molecule has 21 heavy (non-hydrogen) atoms. The lowest BCUT2D eigenvalue weighted by Gasteiger charge is -2.22. The fraction of sp³-hybridized carbons (Fsp3) is 0.429. The SMILES string of the molecule is Cn1nnnc1-c1cccc(NC(=O)C2(N)CCCC2)c1. The van der Waals surface area contributed by atoms with E-state index in [0.29, 0.717) is 11.5 Å². The molecule has 0 saturated heterocycles. The van der Waals surface area contributed by atoms with Crippen molar-refractivity contribution >= 4 is 11.6 Å². The topological polar surface area (TPSA) is 98.7 Å². The maximum Gasteiger partial charge on any atom is 0.244 e. The van der Waals surface area contributed by atoms with Gasteiger partial charge in [-0.05, 0) is 35.4 Å². The maximum atomic E-state index is 12.3. The number of aromatic nitrogens is 4. The zero-order valence-electron chi connectivity index (χ0n) is 11.9. The van der Waals surface area contributed by atoms with E-state index in [2.05, 4.69) is 20.8 Å². The van der Waals surface area contributed by atoms with Crippen molar-refractivity contribution in [2.45, 2.75) is 31.2 Å². The van der Waals surface area contributed by atoms with Crippen molar-refractivity contribution in [1.29, 1.82) is 0 Å². The van der Waals surface area contributed by atoms with Gasteiger partial charge in [0, 0.05) is 18.3 Å². The molecule has 1 fully saturated rings. The van der Waals surface area contributed by atoms with Crippen molar-refractivity contribution < 1.29 is 4.79 Å². The summed E-state index contributed by atoms with van der Waals surface area (Å²) in [5, 5.41) is 14.3. The second-order valence-electron chi connectivity index (χ2n) is 5.52. The molecular formula is C14H18N6O. The summed E-state index contributed by atoms with van der Waals surface area (Å²) in [7, 11) is 1.77. The van der Waals surface area contributed by atoms with Crippen LogP contribution in [0.25, 0.3) is 11.4 Å². The zero-order chi connectivity index (χ0) is 14.9. The number of nitrogens with one attached hydrogen (secondary N) is 1. The molecule has 0 spiro atoms. The summed E-state index contributed by atoms with van der Waals surface area (Å²) in [4.78, 5) is 12.3. The normalized spacial score (nSPS) is 16.9. The van der Waals surface area contributed by atoms with Crippen molar-refractivity contribution in [3.63, 3.8) is 0 Å². The van der Waals surface area contributed by atoms with Crippen LogP contribution in [-0.4, -0.2) is 31.7 Å². The number of rotatable bonds is 3. The first-order valence-corrected chi connectivity index (χ1v) is 7.02. The van der Waals surface area contributed by atoms with E-state index in [4.69, 9.17) is 5.73 Å². The van der Waals surface area contributed by atoms with Crippen molar-refractivity contribution in [2.24, 2.45) is 12.8 Å². The molecule has 7 nitrogen and oxygen atoms in total. The van der Waals surface area contributed by atoms with Gasteiger partial charge in [0.2, 0.25) is 5.91 Å². The number of carbonyl (C=O) groups is 1. The molecule has 0 atom stereocenters. The van der Waals surface area contributed by atoms with Crippen LogP contribution in [-0.2, 0) is 11.8 Å². The highest BCUT2D eigenvalue weighted by Gasteiger charge is 2.36. The molecule has 0 radical (unpaired) electrons. The predicted octanol–water partition coefficient (Wildman–Crippen LogP) is 1.09. The van der Waals surface area contributed by atoms with E-state index in [9.17, 15) is 4.79 Å².